The average molecular weight is 204 g/mol. The highest BCUT2D eigenvalue weighted by Crippen LogP contribution is 2.23. The van der Waals surface area contributed by atoms with Gasteiger partial charge in [0.2, 0.25) is 0 Å². The van der Waals surface area contributed by atoms with Crippen molar-refractivity contribution < 1.29 is 4.79 Å². The van der Waals surface area contributed by atoms with Crippen LogP contribution in [0.4, 0.5) is 0 Å². The van der Waals surface area contributed by atoms with E-state index < -0.39 is 0 Å². The minimum Gasteiger partial charge on any atom is -0.307 e. The van der Waals surface area contributed by atoms with E-state index in [9.17, 15) is 4.79 Å². The molecule has 0 spiro atoms. The molecule has 0 bridgehead atoms. The molecule has 0 saturated carbocycles. The fourth-order valence-electron chi connectivity index (χ4n) is 1.59. The summed E-state index contributed by atoms with van der Waals surface area (Å²) in [5, 5.41) is 3.39. The molecule has 2 unspecified atom stereocenters. The number of ketones is 1. The van der Waals surface area contributed by atoms with Crippen LogP contribution in [0, 0.1) is 5.41 Å². The third-order valence-corrected chi connectivity index (χ3v) is 2.79. The number of nitrogens with one attached hydrogen (secondary N) is 1. The molecule has 1 N–H and O–H groups in total. The largest absolute Gasteiger partial charge is 0.307 e. The summed E-state index contributed by atoms with van der Waals surface area (Å²) in [6.45, 7) is 6.72. The van der Waals surface area contributed by atoms with Gasteiger partial charge in [0.15, 0.2) is 5.78 Å². The number of halogens is 1. The number of alkyl halides is 1. The standard InChI is InChI=1S/C10H18ClNO/c1-10(2,3)9(13)8-6-7(11)4-5-12-8/h7-8,12H,4-6H2,1-3H3. The van der Waals surface area contributed by atoms with Gasteiger partial charge in [0.1, 0.15) is 0 Å². The molecule has 2 nitrogen and oxygen atoms in total. The Kier molecular flexibility index (Phi) is 3.36. The van der Waals surface area contributed by atoms with E-state index in [1.807, 2.05) is 20.8 Å². The molecule has 1 fully saturated rings. The summed E-state index contributed by atoms with van der Waals surface area (Å²) < 4.78 is 0. The highest BCUT2D eigenvalue weighted by atomic mass is 35.5. The Balaban J connectivity index is 2.56. The fourth-order valence-corrected chi connectivity index (χ4v) is 1.88. The Morgan fingerprint density at radius 2 is 2.08 bits per heavy atom. The van der Waals surface area contributed by atoms with E-state index in [0.29, 0.717) is 0 Å². The first-order valence-electron chi connectivity index (χ1n) is 4.83. The summed E-state index contributed by atoms with van der Waals surface area (Å²) in [7, 11) is 0. The molecule has 1 rings (SSSR count). The van der Waals surface area contributed by atoms with Crippen molar-refractivity contribution in [3.63, 3.8) is 0 Å². The molecule has 2 atom stereocenters. The smallest absolute Gasteiger partial charge is 0.155 e. The van der Waals surface area contributed by atoms with Crippen LogP contribution in [0.3, 0.4) is 0 Å². The Labute approximate surface area is 85.0 Å². The third kappa shape index (κ3) is 2.96. The number of carbonyl (C=O) groups excluding carboxylic acids is 1. The highest BCUT2D eigenvalue weighted by molar-refractivity contribution is 6.20. The number of hydrogen-bond acceptors (Lipinski definition) is 2. The van der Waals surface area contributed by atoms with Gasteiger partial charge in [0.05, 0.1) is 6.04 Å². The summed E-state index contributed by atoms with van der Waals surface area (Å²) in [5.74, 6) is 0.276. The second kappa shape index (κ2) is 3.97. The van der Waals surface area contributed by atoms with Gasteiger partial charge in [-0.3, -0.25) is 4.79 Å². The average Bonchev–Trinajstić information content (AvgIpc) is 2.01. The molecule has 13 heavy (non-hydrogen) atoms. The van der Waals surface area contributed by atoms with E-state index in [4.69, 9.17) is 11.6 Å². The Bertz CT molecular complexity index is 198. The molecular weight excluding hydrogens is 186 g/mol. The zero-order valence-electron chi connectivity index (χ0n) is 8.56. The van der Waals surface area contributed by atoms with Crippen molar-refractivity contribution >= 4 is 17.4 Å². The Morgan fingerprint density at radius 1 is 1.46 bits per heavy atom. The van der Waals surface area contributed by atoms with Crippen molar-refractivity contribution in [2.24, 2.45) is 5.41 Å². The number of carbonyl (C=O) groups is 1. The lowest BCUT2D eigenvalue weighted by atomic mass is 9.83. The van der Waals surface area contributed by atoms with Crippen LogP contribution >= 0.6 is 11.6 Å². The van der Waals surface area contributed by atoms with Crippen LogP contribution in [-0.2, 0) is 4.79 Å². The van der Waals surface area contributed by atoms with Gasteiger partial charge in [-0.25, -0.2) is 0 Å². The van der Waals surface area contributed by atoms with Gasteiger partial charge >= 0.3 is 0 Å². The minimum atomic E-state index is -0.258. The first kappa shape index (κ1) is 11.0. The molecule has 0 radical (unpaired) electrons. The van der Waals surface area contributed by atoms with Crippen LogP contribution in [-0.4, -0.2) is 23.7 Å². The van der Waals surface area contributed by atoms with Crippen molar-refractivity contribution in [2.45, 2.75) is 45.0 Å². The van der Waals surface area contributed by atoms with Gasteiger partial charge < -0.3 is 5.32 Å². The number of hydrogen-bond donors (Lipinski definition) is 1. The SMILES string of the molecule is CC(C)(C)C(=O)C1CC(Cl)CCN1. The molecule has 0 aromatic heterocycles. The third-order valence-electron chi connectivity index (χ3n) is 2.40. The van der Waals surface area contributed by atoms with Crippen molar-refractivity contribution in [1.29, 1.82) is 0 Å². The predicted octanol–water partition coefficient (Wildman–Crippen LogP) is 1.96. The van der Waals surface area contributed by atoms with Crippen molar-refractivity contribution in [3.05, 3.63) is 0 Å². The summed E-state index contributed by atoms with van der Waals surface area (Å²) >= 11 is 6.01. The normalized spacial score (nSPS) is 30.2. The van der Waals surface area contributed by atoms with E-state index in [1.165, 1.54) is 0 Å². The molecule has 76 valence electrons. The monoisotopic (exact) mass is 203 g/mol. The van der Waals surface area contributed by atoms with Crippen LogP contribution in [0.15, 0.2) is 0 Å². The Morgan fingerprint density at radius 3 is 2.54 bits per heavy atom. The predicted molar refractivity (Wildman–Crippen MR) is 55.1 cm³/mol. The zero-order valence-corrected chi connectivity index (χ0v) is 9.32. The summed E-state index contributed by atoms with van der Waals surface area (Å²) in [5.41, 5.74) is -0.258. The number of rotatable bonds is 1. The quantitative estimate of drug-likeness (QED) is 0.661. The molecule has 0 amide bonds. The molecule has 0 aromatic carbocycles. The first-order valence-corrected chi connectivity index (χ1v) is 5.26. The maximum atomic E-state index is 11.8. The van der Waals surface area contributed by atoms with Gasteiger partial charge in [0.25, 0.3) is 0 Å². The second-order valence-electron chi connectivity index (χ2n) is 4.74. The van der Waals surface area contributed by atoms with Crippen LogP contribution < -0.4 is 5.32 Å². The summed E-state index contributed by atoms with van der Waals surface area (Å²) in [4.78, 5) is 11.8. The number of Topliss-reactive ketones (excluding diaryl/α,β-unsaturated/α-hetero) is 1. The zero-order chi connectivity index (χ0) is 10.1. The lowest BCUT2D eigenvalue weighted by Crippen LogP contribution is -2.48. The van der Waals surface area contributed by atoms with E-state index in [-0.39, 0.29) is 22.6 Å². The number of piperidine rings is 1. The molecule has 0 aromatic rings. The molecule has 3 heteroatoms. The molecule has 1 aliphatic rings. The van der Waals surface area contributed by atoms with Crippen molar-refractivity contribution in [1.82, 2.24) is 5.32 Å². The van der Waals surface area contributed by atoms with Gasteiger partial charge in [-0.2, -0.15) is 0 Å². The van der Waals surface area contributed by atoms with Crippen molar-refractivity contribution in [3.8, 4) is 0 Å². The van der Waals surface area contributed by atoms with Gasteiger partial charge in [-0.15, -0.1) is 11.6 Å². The fraction of sp³-hybridized carbons (Fsp3) is 0.900. The minimum absolute atomic E-state index is 0.0313. The maximum Gasteiger partial charge on any atom is 0.155 e. The molecule has 0 aliphatic carbocycles. The van der Waals surface area contributed by atoms with E-state index in [2.05, 4.69) is 5.32 Å². The van der Waals surface area contributed by atoms with Gasteiger partial charge in [-0.05, 0) is 19.4 Å². The second-order valence-corrected chi connectivity index (χ2v) is 5.36. The lowest BCUT2D eigenvalue weighted by molar-refractivity contribution is -0.128. The highest BCUT2D eigenvalue weighted by Gasteiger charge is 2.32. The molecule has 1 saturated heterocycles. The van der Waals surface area contributed by atoms with Crippen LogP contribution in [0.25, 0.3) is 0 Å². The van der Waals surface area contributed by atoms with Gasteiger partial charge in [0, 0.05) is 10.8 Å². The van der Waals surface area contributed by atoms with E-state index in [1.54, 1.807) is 0 Å². The van der Waals surface area contributed by atoms with E-state index in [0.717, 1.165) is 19.4 Å². The van der Waals surface area contributed by atoms with Crippen LogP contribution in [0.2, 0.25) is 0 Å². The first-order chi connectivity index (χ1) is 5.91. The van der Waals surface area contributed by atoms with Crippen molar-refractivity contribution in [2.75, 3.05) is 6.54 Å². The maximum absolute atomic E-state index is 11.8. The van der Waals surface area contributed by atoms with Gasteiger partial charge in [-0.1, -0.05) is 20.8 Å². The van der Waals surface area contributed by atoms with Crippen LogP contribution in [0.5, 0.6) is 0 Å². The molecule has 1 aliphatic heterocycles. The Hall–Kier alpha value is -0.0800. The molecule has 1 heterocycles. The van der Waals surface area contributed by atoms with E-state index >= 15 is 0 Å². The summed E-state index contributed by atoms with van der Waals surface area (Å²) in [6.07, 6.45) is 1.74. The lowest BCUT2D eigenvalue weighted by Gasteiger charge is -2.30. The molecular formula is C10H18ClNO. The topological polar surface area (TPSA) is 29.1 Å². The van der Waals surface area contributed by atoms with Crippen LogP contribution in [0.1, 0.15) is 33.6 Å². The summed E-state index contributed by atoms with van der Waals surface area (Å²) in [6, 6.07) is -0.0313.